The molecule has 2 aromatic carbocycles. The number of nitrogens with one attached hydrogen (secondary N) is 1. The number of thiophene rings is 1. The maximum atomic E-state index is 12.8. The lowest BCUT2D eigenvalue weighted by Crippen LogP contribution is -2.21. The van der Waals surface area contributed by atoms with Crippen molar-refractivity contribution < 1.29 is 19.1 Å². The molecule has 0 aliphatic carbocycles. The molecule has 33 heavy (non-hydrogen) atoms. The molecule has 174 valence electrons. The SMILES string of the molecule is CCOC(=O)c1c(-c2ccc(C)c(C)c2)csc1NC(=O)COc1ccc(C(C)C)c(C)c1. The minimum Gasteiger partial charge on any atom is -0.484 e. The van der Waals surface area contributed by atoms with Gasteiger partial charge in [0.2, 0.25) is 0 Å². The van der Waals surface area contributed by atoms with Crippen LogP contribution in [0.25, 0.3) is 11.1 Å². The average molecular weight is 466 g/mol. The highest BCUT2D eigenvalue weighted by molar-refractivity contribution is 7.15. The summed E-state index contributed by atoms with van der Waals surface area (Å²) in [4.78, 5) is 25.4. The molecule has 0 fully saturated rings. The van der Waals surface area contributed by atoms with Gasteiger partial charge >= 0.3 is 5.97 Å². The summed E-state index contributed by atoms with van der Waals surface area (Å²) in [7, 11) is 0. The number of amides is 1. The number of esters is 1. The van der Waals surface area contributed by atoms with E-state index in [9.17, 15) is 9.59 Å². The molecule has 3 aromatic rings. The molecule has 5 nitrogen and oxygen atoms in total. The molecule has 0 saturated heterocycles. The number of hydrogen-bond donors (Lipinski definition) is 1. The Morgan fingerprint density at radius 2 is 1.76 bits per heavy atom. The van der Waals surface area contributed by atoms with Gasteiger partial charge in [-0.05, 0) is 73.6 Å². The molecular formula is C27H31NO4S. The van der Waals surface area contributed by atoms with Crippen LogP contribution in [0.15, 0.2) is 41.8 Å². The minimum absolute atomic E-state index is 0.153. The molecule has 0 atom stereocenters. The van der Waals surface area contributed by atoms with E-state index in [0.717, 1.165) is 22.3 Å². The van der Waals surface area contributed by atoms with E-state index in [1.54, 1.807) is 6.92 Å². The van der Waals surface area contributed by atoms with Gasteiger partial charge in [0.15, 0.2) is 6.61 Å². The molecule has 1 aromatic heterocycles. The lowest BCUT2D eigenvalue weighted by Gasteiger charge is -2.13. The Balaban J connectivity index is 1.79. The van der Waals surface area contributed by atoms with Gasteiger partial charge in [0.05, 0.1) is 6.61 Å². The van der Waals surface area contributed by atoms with Gasteiger partial charge in [0.1, 0.15) is 16.3 Å². The van der Waals surface area contributed by atoms with E-state index >= 15 is 0 Å². The fourth-order valence-corrected chi connectivity index (χ4v) is 4.65. The van der Waals surface area contributed by atoms with Crippen LogP contribution in [0.5, 0.6) is 5.75 Å². The van der Waals surface area contributed by atoms with Gasteiger partial charge in [-0.15, -0.1) is 11.3 Å². The van der Waals surface area contributed by atoms with Crippen LogP contribution in [0.4, 0.5) is 5.00 Å². The third kappa shape index (κ3) is 5.82. The zero-order chi connectivity index (χ0) is 24.1. The Labute approximate surface area is 199 Å². The average Bonchev–Trinajstić information content (AvgIpc) is 3.17. The van der Waals surface area contributed by atoms with Crippen LogP contribution in [0.2, 0.25) is 0 Å². The summed E-state index contributed by atoms with van der Waals surface area (Å²) in [6.45, 7) is 12.3. The van der Waals surface area contributed by atoms with E-state index in [1.807, 2.05) is 62.5 Å². The highest BCUT2D eigenvalue weighted by Gasteiger charge is 2.23. The molecule has 6 heteroatoms. The number of aryl methyl sites for hydroxylation is 3. The molecule has 0 radical (unpaired) electrons. The van der Waals surface area contributed by atoms with E-state index in [4.69, 9.17) is 9.47 Å². The summed E-state index contributed by atoms with van der Waals surface area (Å²) < 4.78 is 11.0. The van der Waals surface area contributed by atoms with Crippen molar-refractivity contribution >= 4 is 28.2 Å². The van der Waals surface area contributed by atoms with Gasteiger partial charge in [-0.1, -0.05) is 38.1 Å². The van der Waals surface area contributed by atoms with Gasteiger partial charge in [0, 0.05) is 10.9 Å². The van der Waals surface area contributed by atoms with Crippen LogP contribution < -0.4 is 10.1 Å². The second-order valence-corrected chi connectivity index (χ2v) is 9.26. The van der Waals surface area contributed by atoms with Gasteiger partial charge in [-0.25, -0.2) is 4.79 Å². The Bertz CT molecular complexity index is 1160. The predicted molar refractivity (Wildman–Crippen MR) is 135 cm³/mol. The lowest BCUT2D eigenvalue weighted by molar-refractivity contribution is -0.118. The summed E-state index contributed by atoms with van der Waals surface area (Å²) in [6.07, 6.45) is 0. The summed E-state index contributed by atoms with van der Waals surface area (Å²) in [5, 5.41) is 5.17. The van der Waals surface area contributed by atoms with E-state index < -0.39 is 5.97 Å². The summed E-state index contributed by atoms with van der Waals surface area (Å²) in [5.74, 6) is 0.274. The molecule has 1 heterocycles. The second kappa shape index (κ2) is 10.7. The highest BCUT2D eigenvalue weighted by atomic mass is 32.1. The predicted octanol–water partition coefficient (Wildman–Crippen LogP) is 6.66. The summed E-state index contributed by atoms with van der Waals surface area (Å²) in [5.41, 5.74) is 6.72. The number of anilines is 1. The van der Waals surface area contributed by atoms with E-state index in [-0.39, 0.29) is 19.1 Å². The molecule has 0 bridgehead atoms. The second-order valence-electron chi connectivity index (χ2n) is 8.38. The Kier molecular flexibility index (Phi) is 7.92. The molecule has 1 N–H and O–H groups in total. The first-order valence-corrected chi connectivity index (χ1v) is 12.0. The van der Waals surface area contributed by atoms with Gasteiger partial charge < -0.3 is 14.8 Å². The van der Waals surface area contributed by atoms with Crippen molar-refractivity contribution in [2.24, 2.45) is 0 Å². The van der Waals surface area contributed by atoms with Crippen LogP contribution >= 0.6 is 11.3 Å². The normalized spacial score (nSPS) is 10.9. The number of hydrogen-bond acceptors (Lipinski definition) is 5. The van der Waals surface area contributed by atoms with Gasteiger partial charge in [-0.3, -0.25) is 4.79 Å². The van der Waals surface area contributed by atoms with Crippen molar-refractivity contribution in [1.29, 1.82) is 0 Å². The molecular weight excluding hydrogens is 434 g/mol. The van der Waals surface area contributed by atoms with Crippen molar-refractivity contribution in [2.75, 3.05) is 18.5 Å². The minimum atomic E-state index is -0.455. The van der Waals surface area contributed by atoms with Crippen molar-refractivity contribution in [2.45, 2.75) is 47.5 Å². The monoisotopic (exact) mass is 465 g/mol. The maximum Gasteiger partial charge on any atom is 0.341 e. The Morgan fingerprint density at radius 3 is 2.39 bits per heavy atom. The van der Waals surface area contributed by atoms with Crippen molar-refractivity contribution in [1.82, 2.24) is 0 Å². The highest BCUT2D eigenvalue weighted by Crippen LogP contribution is 2.37. The quantitative estimate of drug-likeness (QED) is 0.378. The third-order valence-electron chi connectivity index (χ3n) is 5.57. The zero-order valence-corrected chi connectivity index (χ0v) is 20.9. The standard InChI is InChI=1S/C27H31NO4S/c1-7-31-27(30)25-23(20-9-8-17(4)18(5)12-20)15-33-26(25)28-24(29)14-32-21-10-11-22(16(2)3)19(6)13-21/h8-13,15-16H,7,14H2,1-6H3,(H,28,29). The number of benzene rings is 2. The number of rotatable bonds is 8. The molecule has 0 saturated carbocycles. The summed E-state index contributed by atoms with van der Waals surface area (Å²) in [6, 6.07) is 11.9. The van der Waals surface area contributed by atoms with Crippen LogP contribution in [-0.4, -0.2) is 25.1 Å². The molecule has 0 unspecified atom stereocenters. The van der Waals surface area contributed by atoms with Gasteiger partial charge in [0.25, 0.3) is 5.91 Å². The van der Waals surface area contributed by atoms with Crippen molar-refractivity contribution in [3.63, 3.8) is 0 Å². The van der Waals surface area contributed by atoms with Crippen LogP contribution in [-0.2, 0) is 9.53 Å². The first kappa shape index (κ1) is 24.5. The van der Waals surface area contributed by atoms with E-state index in [0.29, 0.717) is 22.2 Å². The number of carbonyl (C=O) groups is 2. The fourth-order valence-electron chi connectivity index (χ4n) is 3.67. The third-order valence-corrected chi connectivity index (χ3v) is 6.47. The Morgan fingerprint density at radius 1 is 1.00 bits per heavy atom. The smallest absolute Gasteiger partial charge is 0.341 e. The topological polar surface area (TPSA) is 64.6 Å². The van der Waals surface area contributed by atoms with Crippen LogP contribution in [0.1, 0.15) is 59.3 Å². The molecule has 0 spiro atoms. The fraction of sp³-hybridized carbons (Fsp3) is 0.333. The van der Waals surface area contributed by atoms with Crippen molar-refractivity contribution in [3.8, 4) is 16.9 Å². The van der Waals surface area contributed by atoms with Crippen molar-refractivity contribution in [3.05, 3.63) is 69.6 Å². The van der Waals surface area contributed by atoms with Crippen LogP contribution in [0, 0.1) is 20.8 Å². The van der Waals surface area contributed by atoms with Crippen LogP contribution in [0.3, 0.4) is 0 Å². The first-order chi connectivity index (χ1) is 15.7. The largest absolute Gasteiger partial charge is 0.484 e. The first-order valence-electron chi connectivity index (χ1n) is 11.1. The van der Waals surface area contributed by atoms with Gasteiger partial charge in [-0.2, -0.15) is 0 Å². The maximum absolute atomic E-state index is 12.8. The zero-order valence-electron chi connectivity index (χ0n) is 20.1. The molecule has 0 aliphatic rings. The Hall–Kier alpha value is -3.12. The molecule has 1 amide bonds. The van der Waals surface area contributed by atoms with E-state index in [1.165, 1.54) is 22.5 Å². The molecule has 3 rings (SSSR count). The van der Waals surface area contributed by atoms with E-state index in [2.05, 4.69) is 19.2 Å². The number of ether oxygens (including phenoxy) is 2. The number of carbonyl (C=O) groups excluding carboxylic acids is 2. The lowest BCUT2D eigenvalue weighted by atomic mass is 9.98. The summed E-state index contributed by atoms with van der Waals surface area (Å²) >= 11 is 1.30. The molecule has 0 aliphatic heterocycles.